The third-order valence-corrected chi connectivity index (χ3v) is 3.83. The fourth-order valence-corrected chi connectivity index (χ4v) is 2.28. The number of rotatable bonds is 7. The molecule has 0 aromatic carbocycles. The zero-order chi connectivity index (χ0) is 14.6. The molecule has 2 unspecified atom stereocenters. The van der Waals surface area contributed by atoms with Gasteiger partial charge in [-0.3, -0.25) is 4.79 Å². The molecule has 1 rings (SSSR count). The Kier molecular flexibility index (Phi) is 5.22. The van der Waals surface area contributed by atoms with Crippen molar-refractivity contribution in [2.45, 2.75) is 33.2 Å². The predicted molar refractivity (Wildman–Crippen MR) is 70.5 cm³/mol. The van der Waals surface area contributed by atoms with Gasteiger partial charge in [-0.05, 0) is 13.3 Å². The summed E-state index contributed by atoms with van der Waals surface area (Å²) in [5.74, 6) is -2.68. The molecule has 0 aliphatic carbocycles. The van der Waals surface area contributed by atoms with Crippen molar-refractivity contribution in [1.82, 2.24) is 10.2 Å². The highest BCUT2D eigenvalue weighted by Gasteiger charge is 2.27. The van der Waals surface area contributed by atoms with Crippen molar-refractivity contribution in [1.29, 1.82) is 0 Å². The zero-order valence-electron chi connectivity index (χ0n) is 11.0. The Morgan fingerprint density at radius 3 is 2.32 bits per heavy atom. The lowest BCUT2D eigenvalue weighted by Crippen LogP contribution is -2.43. The van der Waals surface area contributed by atoms with E-state index in [1.165, 1.54) is 30.1 Å². The second-order valence-corrected chi connectivity index (χ2v) is 5.28. The Morgan fingerprint density at radius 2 is 1.89 bits per heavy atom. The topological polar surface area (TPSA) is 104 Å². The Balaban J connectivity index is 2.97. The first-order valence-electron chi connectivity index (χ1n) is 5.91. The number of carboxylic acid groups (broad SMARTS) is 2. The summed E-state index contributed by atoms with van der Waals surface area (Å²) in [4.78, 5) is 23.5. The van der Waals surface area contributed by atoms with Crippen LogP contribution in [0.25, 0.3) is 0 Å². The molecule has 0 spiro atoms. The summed E-state index contributed by atoms with van der Waals surface area (Å²) in [6.07, 6.45) is 0.710. The van der Waals surface area contributed by atoms with Gasteiger partial charge in [-0.1, -0.05) is 25.2 Å². The van der Waals surface area contributed by atoms with E-state index in [1.54, 1.807) is 0 Å². The predicted octanol–water partition coefficient (Wildman–Crippen LogP) is 1.10. The van der Waals surface area contributed by atoms with E-state index in [4.69, 9.17) is 10.2 Å². The Labute approximate surface area is 114 Å². The largest absolute Gasteiger partial charge is 0.481 e. The molecule has 8 heteroatoms. The van der Waals surface area contributed by atoms with Crippen molar-refractivity contribution >= 4 is 28.4 Å². The van der Waals surface area contributed by atoms with Crippen LogP contribution in [0.1, 0.15) is 25.8 Å². The van der Waals surface area contributed by atoms with Gasteiger partial charge in [0.15, 0.2) is 0 Å². The summed E-state index contributed by atoms with van der Waals surface area (Å²) in [6, 6.07) is -0.848. The van der Waals surface area contributed by atoms with E-state index in [1.807, 2.05) is 6.92 Å². The van der Waals surface area contributed by atoms with E-state index < -0.39 is 23.9 Å². The van der Waals surface area contributed by atoms with Gasteiger partial charge in [-0.25, -0.2) is 4.79 Å². The monoisotopic (exact) mass is 287 g/mol. The third-order valence-electron chi connectivity index (χ3n) is 2.72. The maximum atomic E-state index is 11.1. The van der Waals surface area contributed by atoms with Gasteiger partial charge in [0, 0.05) is 6.54 Å². The Morgan fingerprint density at radius 1 is 1.26 bits per heavy atom. The second kappa shape index (κ2) is 6.46. The fourth-order valence-electron chi connectivity index (χ4n) is 1.41. The summed E-state index contributed by atoms with van der Waals surface area (Å²) in [6.45, 7) is 5.05. The second-order valence-electron chi connectivity index (χ2n) is 4.24. The first-order chi connectivity index (χ1) is 8.86. The fraction of sp³-hybridized carbons (Fsp3) is 0.636. The maximum Gasteiger partial charge on any atom is 0.326 e. The molecule has 0 saturated heterocycles. The third kappa shape index (κ3) is 3.88. The van der Waals surface area contributed by atoms with E-state index >= 15 is 0 Å². The standard InChI is InChI=1S/C11H17N3O4S/c1-4-8-12-13-11(19-8)14(7(3)10(17)18)5-6(2)9(15)16/h6-7H,4-5H2,1-3H3,(H,15,16)(H,17,18). The minimum Gasteiger partial charge on any atom is -0.481 e. The smallest absolute Gasteiger partial charge is 0.326 e. The van der Waals surface area contributed by atoms with Gasteiger partial charge in [0.25, 0.3) is 0 Å². The molecule has 1 aromatic rings. The molecule has 0 aliphatic rings. The summed E-state index contributed by atoms with van der Waals surface area (Å²) in [5, 5.41) is 27.2. The van der Waals surface area contributed by atoms with Crippen LogP contribution >= 0.6 is 11.3 Å². The maximum absolute atomic E-state index is 11.1. The van der Waals surface area contributed by atoms with Gasteiger partial charge in [-0.2, -0.15) is 0 Å². The Hall–Kier alpha value is -1.70. The molecule has 0 saturated carbocycles. The van der Waals surface area contributed by atoms with Crippen LogP contribution in [0.15, 0.2) is 0 Å². The molecule has 2 atom stereocenters. The average molecular weight is 287 g/mol. The summed E-state index contributed by atoms with van der Waals surface area (Å²) in [5.41, 5.74) is 0. The first kappa shape index (κ1) is 15.4. The van der Waals surface area contributed by atoms with E-state index in [9.17, 15) is 9.59 Å². The Bertz CT molecular complexity index is 463. The number of hydrogen-bond acceptors (Lipinski definition) is 6. The van der Waals surface area contributed by atoms with Crippen LogP contribution in [0.5, 0.6) is 0 Å². The van der Waals surface area contributed by atoms with Crippen LogP contribution in [-0.2, 0) is 16.0 Å². The van der Waals surface area contributed by atoms with Crippen LogP contribution in [0.4, 0.5) is 5.13 Å². The summed E-state index contributed by atoms with van der Waals surface area (Å²) < 4.78 is 0. The summed E-state index contributed by atoms with van der Waals surface area (Å²) in [7, 11) is 0. The van der Waals surface area contributed by atoms with Crippen LogP contribution in [0, 0.1) is 5.92 Å². The van der Waals surface area contributed by atoms with Gasteiger partial charge < -0.3 is 15.1 Å². The molecule has 0 amide bonds. The van der Waals surface area contributed by atoms with E-state index in [2.05, 4.69) is 10.2 Å². The average Bonchev–Trinajstić information content (AvgIpc) is 2.82. The van der Waals surface area contributed by atoms with Gasteiger partial charge in [0.05, 0.1) is 5.92 Å². The first-order valence-corrected chi connectivity index (χ1v) is 6.73. The lowest BCUT2D eigenvalue weighted by atomic mass is 10.1. The zero-order valence-corrected chi connectivity index (χ0v) is 11.8. The van der Waals surface area contributed by atoms with E-state index in [-0.39, 0.29) is 6.54 Å². The van der Waals surface area contributed by atoms with Crippen LogP contribution < -0.4 is 4.90 Å². The van der Waals surface area contributed by atoms with Crippen molar-refractivity contribution < 1.29 is 19.8 Å². The number of anilines is 1. The number of aliphatic carboxylic acids is 2. The van der Waals surface area contributed by atoms with E-state index in [0.717, 1.165) is 5.01 Å². The summed E-state index contributed by atoms with van der Waals surface area (Å²) >= 11 is 1.29. The molecule has 1 aromatic heterocycles. The SMILES string of the molecule is CCc1nnc(N(CC(C)C(=O)O)C(C)C(=O)O)s1. The highest BCUT2D eigenvalue weighted by atomic mass is 32.1. The number of carbonyl (C=O) groups is 2. The quantitative estimate of drug-likeness (QED) is 0.773. The van der Waals surface area contributed by atoms with Crippen LogP contribution in [0.2, 0.25) is 0 Å². The van der Waals surface area contributed by atoms with Crippen LogP contribution in [-0.4, -0.2) is 44.9 Å². The molecule has 7 nitrogen and oxygen atoms in total. The minimum atomic E-state index is -1.02. The highest BCUT2D eigenvalue weighted by molar-refractivity contribution is 7.15. The molecule has 106 valence electrons. The van der Waals surface area contributed by atoms with Crippen molar-refractivity contribution in [3.05, 3.63) is 5.01 Å². The lowest BCUT2D eigenvalue weighted by Gasteiger charge is -2.26. The molecule has 0 radical (unpaired) electrons. The molecular weight excluding hydrogens is 270 g/mol. The van der Waals surface area contributed by atoms with Crippen molar-refractivity contribution in [2.24, 2.45) is 5.92 Å². The molecule has 0 fully saturated rings. The van der Waals surface area contributed by atoms with Crippen molar-refractivity contribution in [3.8, 4) is 0 Å². The molecule has 0 aliphatic heterocycles. The van der Waals surface area contributed by atoms with Crippen molar-refractivity contribution in [2.75, 3.05) is 11.4 Å². The molecule has 2 N–H and O–H groups in total. The van der Waals surface area contributed by atoms with Gasteiger partial charge >= 0.3 is 11.9 Å². The van der Waals surface area contributed by atoms with Gasteiger partial charge in [0.2, 0.25) is 5.13 Å². The van der Waals surface area contributed by atoms with Gasteiger partial charge in [0.1, 0.15) is 11.0 Å². The number of hydrogen-bond donors (Lipinski definition) is 2. The number of nitrogens with zero attached hydrogens (tertiary/aromatic N) is 3. The molecule has 1 heterocycles. The number of aryl methyl sites for hydroxylation is 1. The van der Waals surface area contributed by atoms with E-state index in [0.29, 0.717) is 11.6 Å². The molecular formula is C11H17N3O4S. The molecule has 0 bridgehead atoms. The van der Waals surface area contributed by atoms with Crippen LogP contribution in [0.3, 0.4) is 0 Å². The number of aromatic nitrogens is 2. The highest BCUT2D eigenvalue weighted by Crippen LogP contribution is 2.24. The van der Waals surface area contributed by atoms with Gasteiger partial charge in [-0.15, -0.1) is 10.2 Å². The minimum absolute atomic E-state index is 0.0845. The number of carboxylic acids is 2. The normalized spacial score (nSPS) is 13.8. The lowest BCUT2D eigenvalue weighted by molar-refractivity contribution is -0.142. The molecule has 19 heavy (non-hydrogen) atoms. The van der Waals surface area contributed by atoms with Crippen molar-refractivity contribution in [3.63, 3.8) is 0 Å².